The number of aliphatic hydroxyl groups excluding tert-OH is 1. The highest BCUT2D eigenvalue weighted by Crippen LogP contribution is 2.43. The third kappa shape index (κ3) is 3.48. The molecule has 4 unspecified atom stereocenters. The van der Waals surface area contributed by atoms with Gasteiger partial charge in [-0.3, -0.25) is 0 Å². The number of aliphatic hydroxyl groups is 2. The molecular formula is C24H24ClFN6O2. The zero-order valence-electron chi connectivity index (χ0n) is 18.6. The van der Waals surface area contributed by atoms with Crippen molar-refractivity contribution in [2.24, 2.45) is 5.92 Å². The highest BCUT2D eigenvalue weighted by Gasteiger charge is 2.47. The molecule has 1 aliphatic carbocycles. The summed E-state index contributed by atoms with van der Waals surface area (Å²) < 4.78 is 16.5. The average molecular weight is 483 g/mol. The molecular weight excluding hydrogens is 459 g/mol. The van der Waals surface area contributed by atoms with Crippen LogP contribution in [0.15, 0.2) is 48.4 Å². The minimum atomic E-state index is -1.50. The van der Waals surface area contributed by atoms with Gasteiger partial charge in [-0.1, -0.05) is 24.6 Å². The largest absolute Gasteiger partial charge is 0.387 e. The fraction of sp³-hybridized carbons (Fsp3) is 0.292. The highest BCUT2D eigenvalue weighted by molar-refractivity contribution is 6.33. The Kier molecular flexibility index (Phi) is 5.23. The summed E-state index contributed by atoms with van der Waals surface area (Å²) in [5.74, 6) is -0.183. The summed E-state index contributed by atoms with van der Waals surface area (Å²) in [4.78, 5) is 12.5. The lowest BCUT2D eigenvalue weighted by molar-refractivity contribution is -0.0421. The molecule has 6 N–H and O–H groups in total. The first-order valence-corrected chi connectivity index (χ1v) is 11.2. The van der Waals surface area contributed by atoms with Crippen LogP contribution >= 0.6 is 11.6 Å². The Hall–Kier alpha value is -3.27. The number of nitrogen functional groups attached to an aromatic ring is 2. The Bertz CT molecular complexity index is 1470. The van der Waals surface area contributed by atoms with Crippen molar-refractivity contribution in [2.45, 2.75) is 38.0 Å². The molecule has 3 aromatic heterocycles. The molecule has 0 amide bonds. The minimum Gasteiger partial charge on any atom is -0.387 e. The second kappa shape index (κ2) is 7.90. The molecule has 0 radical (unpaired) electrons. The van der Waals surface area contributed by atoms with Crippen LogP contribution in [0.1, 0.15) is 25.5 Å². The van der Waals surface area contributed by atoms with Gasteiger partial charge in [0.1, 0.15) is 41.1 Å². The first-order chi connectivity index (χ1) is 16.1. The summed E-state index contributed by atoms with van der Waals surface area (Å²) in [7, 11) is 0. The van der Waals surface area contributed by atoms with Crippen LogP contribution in [0.4, 0.5) is 16.0 Å². The standard InChI is InChI=1S/C24H24ClFN6O2/c1-11(5-12-6-17(26)14-8-16(25)22(28)31-18(14)7-12)15-9-19(20(33)24(15,2)34)32-4-3-13-21(27)29-10-30-23(13)32/h3-4,6-11,19-20,33-34H,5H2,1-2H3,(H2,28,31)(H2,27,29,30). The van der Waals surface area contributed by atoms with Crippen LogP contribution in [0.3, 0.4) is 0 Å². The first-order valence-electron chi connectivity index (χ1n) is 10.8. The summed E-state index contributed by atoms with van der Waals surface area (Å²) in [6, 6.07) is 5.88. The van der Waals surface area contributed by atoms with Crippen molar-refractivity contribution in [1.29, 1.82) is 0 Å². The molecule has 0 aliphatic heterocycles. The van der Waals surface area contributed by atoms with Crippen LogP contribution in [0.2, 0.25) is 5.02 Å². The van der Waals surface area contributed by atoms with Crippen LogP contribution in [0.25, 0.3) is 21.9 Å². The lowest BCUT2D eigenvalue weighted by atomic mass is 9.84. The molecule has 10 heteroatoms. The van der Waals surface area contributed by atoms with E-state index < -0.39 is 23.6 Å². The Morgan fingerprint density at radius 1 is 1.21 bits per heavy atom. The SMILES string of the molecule is CC(Cc1cc(F)c2cc(Cl)c(N)nc2c1)C1=CC(n2ccc3c(N)ncnc32)C(O)C1(C)O. The Labute approximate surface area is 199 Å². The predicted molar refractivity (Wildman–Crippen MR) is 130 cm³/mol. The minimum absolute atomic E-state index is 0.134. The number of halogens is 2. The molecule has 3 heterocycles. The average Bonchev–Trinajstić information content (AvgIpc) is 3.29. The molecule has 8 nitrogen and oxygen atoms in total. The fourth-order valence-electron chi connectivity index (χ4n) is 4.93. The van der Waals surface area contributed by atoms with Gasteiger partial charge in [-0.25, -0.2) is 19.3 Å². The van der Waals surface area contributed by atoms with Gasteiger partial charge in [0.05, 0.1) is 22.0 Å². The van der Waals surface area contributed by atoms with Gasteiger partial charge in [0.25, 0.3) is 0 Å². The number of hydrogen-bond donors (Lipinski definition) is 4. The molecule has 34 heavy (non-hydrogen) atoms. The van der Waals surface area contributed by atoms with Crippen LogP contribution in [-0.2, 0) is 6.42 Å². The lowest BCUT2D eigenvalue weighted by Gasteiger charge is -2.31. The van der Waals surface area contributed by atoms with E-state index in [1.807, 2.05) is 13.0 Å². The van der Waals surface area contributed by atoms with E-state index in [-0.39, 0.29) is 16.8 Å². The van der Waals surface area contributed by atoms with E-state index in [0.29, 0.717) is 45.3 Å². The molecule has 4 aromatic rings. The second-order valence-corrected chi connectivity index (χ2v) is 9.44. The van der Waals surface area contributed by atoms with Crippen molar-refractivity contribution in [2.75, 3.05) is 11.5 Å². The number of nitrogens with two attached hydrogens (primary N) is 2. The van der Waals surface area contributed by atoms with Crippen LogP contribution in [0.5, 0.6) is 0 Å². The fourth-order valence-corrected chi connectivity index (χ4v) is 5.08. The van der Waals surface area contributed by atoms with Crippen LogP contribution in [-0.4, -0.2) is 41.4 Å². The molecule has 0 bridgehead atoms. The van der Waals surface area contributed by atoms with Gasteiger partial charge in [0.2, 0.25) is 0 Å². The molecule has 0 saturated carbocycles. The van der Waals surface area contributed by atoms with Crippen molar-refractivity contribution < 1.29 is 14.6 Å². The third-order valence-electron chi connectivity index (χ3n) is 6.69. The van der Waals surface area contributed by atoms with E-state index in [1.165, 1.54) is 18.5 Å². The lowest BCUT2D eigenvalue weighted by Crippen LogP contribution is -2.42. The van der Waals surface area contributed by atoms with Crippen molar-refractivity contribution in [1.82, 2.24) is 19.5 Å². The van der Waals surface area contributed by atoms with Gasteiger partial charge in [0, 0.05) is 11.6 Å². The molecule has 1 aliphatic rings. The van der Waals surface area contributed by atoms with Crippen LogP contribution in [0, 0.1) is 11.7 Å². The number of nitrogens with zero attached hydrogens (tertiary/aromatic N) is 4. The normalized spacial score (nSPS) is 23.5. The molecule has 176 valence electrons. The predicted octanol–water partition coefficient (Wildman–Crippen LogP) is 3.41. The monoisotopic (exact) mass is 482 g/mol. The van der Waals surface area contributed by atoms with Gasteiger partial charge >= 0.3 is 0 Å². The number of pyridine rings is 1. The maximum atomic E-state index is 14.8. The van der Waals surface area contributed by atoms with E-state index in [4.69, 9.17) is 23.1 Å². The molecule has 5 rings (SSSR count). The van der Waals surface area contributed by atoms with E-state index >= 15 is 0 Å². The summed E-state index contributed by atoms with van der Waals surface area (Å²) >= 11 is 5.99. The molecule has 4 atom stereocenters. The first kappa shape index (κ1) is 22.5. The van der Waals surface area contributed by atoms with Gasteiger partial charge in [0.15, 0.2) is 0 Å². The maximum Gasteiger partial charge on any atom is 0.146 e. The molecule has 0 spiro atoms. The molecule has 1 aromatic carbocycles. The van der Waals surface area contributed by atoms with Gasteiger partial charge in [-0.05, 0) is 54.7 Å². The zero-order valence-corrected chi connectivity index (χ0v) is 19.3. The number of anilines is 2. The number of fused-ring (bicyclic) bond motifs is 2. The number of aromatic nitrogens is 4. The van der Waals surface area contributed by atoms with E-state index in [1.54, 1.807) is 29.8 Å². The van der Waals surface area contributed by atoms with E-state index in [0.717, 1.165) is 0 Å². The number of hydrogen-bond acceptors (Lipinski definition) is 7. The Morgan fingerprint density at radius 3 is 2.74 bits per heavy atom. The topological polar surface area (TPSA) is 136 Å². The smallest absolute Gasteiger partial charge is 0.146 e. The zero-order chi connectivity index (χ0) is 24.4. The number of rotatable bonds is 4. The molecule has 0 fully saturated rings. The van der Waals surface area contributed by atoms with Gasteiger partial charge < -0.3 is 26.2 Å². The summed E-state index contributed by atoms with van der Waals surface area (Å²) in [5, 5.41) is 23.5. The van der Waals surface area contributed by atoms with Crippen molar-refractivity contribution >= 4 is 45.2 Å². The summed E-state index contributed by atoms with van der Waals surface area (Å²) in [6.45, 7) is 3.51. The summed E-state index contributed by atoms with van der Waals surface area (Å²) in [6.07, 6.45) is 4.28. The van der Waals surface area contributed by atoms with Crippen molar-refractivity contribution in [3.8, 4) is 0 Å². The Morgan fingerprint density at radius 2 is 1.97 bits per heavy atom. The van der Waals surface area contributed by atoms with Gasteiger partial charge in [-0.2, -0.15) is 0 Å². The second-order valence-electron chi connectivity index (χ2n) is 9.03. The highest BCUT2D eigenvalue weighted by atomic mass is 35.5. The van der Waals surface area contributed by atoms with E-state index in [2.05, 4.69) is 15.0 Å². The van der Waals surface area contributed by atoms with Crippen molar-refractivity contribution in [3.05, 3.63) is 64.8 Å². The van der Waals surface area contributed by atoms with E-state index in [9.17, 15) is 14.6 Å². The quantitative estimate of drug-likeness (QED) is 0.327. The third-order valence-corrected chi connectivity index (χ3v) is 7.00. The maximum absolute atomic E-state index is 14.8. The molecule has 0 saturated heterocycles. The summed E-state index contributed by atoms with van der Waals surface area (Å²) in [5.41, 5.74) is 12.6. The Balaban J connectivity index is 1.50. The number of benzene rings is 1. The van der Waals surface area contributed by atoms with Crippen molar-refractivity contribution in [3.63, 3.8) is 0 Å². The van der Waals surface area contributed by atoms with Gasteiger partial charge in [-0.15, -0.1) is 0 Å². The van der Waals surface area contributed by atoms with Crippen LogP contribution < -0.4 is 11.5 Å².